The van der Waals surface area contributed by atoms with Gasteiger partial charge in [-0.2, -0.15) is 0 Å². The fourth-order valence-corrected chi connectivity index (χ4v) is 6.99. The molecule has 0 N–H and O–H groups in total. The third-order valence-corrected chi connectivity index (χ3v) is 8.48. The summed E-state index contributed by atoms with van der Waals surface area (Å²) >= 11 is 0. The number of nitrogens with zero attached hydrogens (tertiary/aromatic N) is 1. The van der Waals surface area contributed by atoms with E-state index in [0.717, 1.165) is 32.5 Å². The van der Waals surface area contributed by atoms with Gasteiger partial charge in [0.25, 0.3) is 0 Å². The van der Waals surface area contributed by atoms with Crippen molar-refractivity contribution in [3.63, 3.8) is 0 Å². The Labute approximate surface area is 146 Å². The number of hydrogen-bond acceptors (Lipinski definition) is 3. The predicted octanol–water partition coefficient (Wildman–Crippen LogP) is 3.04. The highest BCUT2D eigenvalue weighted by Crippen LogP contribution is 2.47. The average Bonchev–Trinajstić information content (AvgIpc) is 3.11. The molecule has 1 aromatic carbocycles. The van der Waals surface area contributed by atoms with Crippen molar-refractivity contribution in [2.75, 3.05) is 31.1 Å². The highest BCUT2D eigenvalue weighted by atomic mass is 32.2. The SMILES string of the molecule is C[C@H](Cc1ccc(C2(C)CC2)cc1)CN1CCC2(C1)CS(=O)(=O)C2. The Morgan fingerprint density at radius 3 is 2.38 bits per heavy atom. The maximum atomic E-state index is 11.5. The van der Waals surface area contributed by atoms with Gasteiger partial charge in [0.2, 0.25) is 0 Å². The van der Waals surface area contributed by atoms with Crippen molar-refractivity contribution in [1.29, 1.82) is 0 Å². The van der Waals surface area contributed by atoms with Crippen LogP contribution in [-0.4, -0.2) is 44.5 Å². The van der Waals surface area contributed by atoms with Crippen LogP contribution in [0, 0.1) is 11.3 Å². The van der Waals surface area contributed by atoms with Crippen molar-refractivity contribution in [3.8, 4) is 0 Å². The zero-order valence-corrected chi connectivity index (χ0v) is 15.7. The van der Waals surface area contributed by atoms with Crippen LogP contribution in [0.1, 0.15) is 44.2 Å². The second-order valence-corrected chi connectivity index (χ2v) is 11.1. The van der Waals surface area contributed by atoms with Gasteiger partial charge >= 0.3 is 0 Å². The Morgan fingerprint density at radius 2 is 1.79 bits per heavy atom. The van der Waals surface area contributed by atoms with Gasteiger partial charge in [0, 0.05) is 18.5 Å². The molecule has 3 nitrogen and oxygen atoms in total. The fraction of sp³-hybridized carbons (Fsp3) is 0.700. The molecule has 24 heavy (non-hydrogen) atoms. The van der Waals surface area contributed by atoms with Gasteiger partial charge in [-0.3, -0.25) is 0 Å². The van der Waals surface area contributed by atoms with Crippen LogP contribution in [-0.2, 0) is 21.7 Å². The predicted molar refractivity (Wildman–Crippen MR) is 98.0 cm³/mol. The summed E-state index contributed by atoms with van der Waals surface area (Å²) in [7, 11) is -2.71. The number of benzene rings is 1. The normalized spacial score (nSPS) is 27.8. The van der Waals surface area contributed by atoms with Crippen molar-refractivity contribution < 1.29 is 8.42 Å². The lowest BCUT2D eigenvalue weighted by atomic mass is 9.91. The van der Waals surface area contributed by atoms with E-state index in [9.17, 15) is 8.42 Å². The summed E-state index contributed by atoms with van der Waals surface area (Å²) < 4.78 is 23.0. The molecule has 2 heterocycles. The van der Waals surface area contributed by atoms with Crippen LogP contribution in [0.15, 0.2) is 24.3 Å². The number of likely N-dealkylation sites (tertiary alicyclic amines) is 1. The Bertz CT molecular complexity index is 707. The molecular weight excluding hydrogens is 318 g/mol. The van der Waals surface area contributed by atoms with Gasteiger partial charge in [-0.1, -0.05) is 38.1 Å². The zero-order valence-electron chi connectivity index (χ0n) is 14.9. The van der Waals surface area contributed by atoms with Gasteiger partial charge in [-0.25, -0.2) is 8.42 Å². The molecule has 1 saturated carbocycles. The van der Waals surface area contributed by atoms with Crippen LogP contribution in [0.5, 0.6) is 0 Å². The maximum absolute atomic E-state index is 11.5. The maximum Gasteiger partial charge on any atom is 0.151 e. The molecule has 132 valence electrons. The first kappa shape index (κ1) is 16.6. The van der Waals surface area contributed by atoms with E-state index in [-0.39, 0.29) is 5.41 Å². The van der Waals surface area contributed by atoms with Crippen LogP contribution in [0.2, 0.25) is 0 Å². The van der Waals surface area contributed by atoms with Gasteiger partial charge in [-0.05, 0) is 54.7 Å². The largest absolute Gasteiger partial charge is 0.302 e. The van der Waals surface area contributed by atoms with Crippen molar-refractivity contribution in [1.82, 2.24) is 4.90 Å². The highest BCUT2D eigenvalue weighted by Gasteiger charge is 2.51. The molecule has 4 heteroatoms. The number of hydrogen-bond donors (Lipinski definition) is 0. The second kappa shape index (κ2) is 5.57. The summed E-state index contributed by atoms with van der Waals surface area (Å²) in [6.07, 6.45) is 4.83. The van der Waals surface area contributed by atoms with Crippen molar-refractivity contribution in [2.45, 2.75) is 44.9 Å². The van der Waals surface area contributed by atoms with E-state index in [2.05, 4.69) is 43.0 Å². The molecule has 1 aliphatic carbocycles. The smallest absolute Gasteiger partial charge is 0.151 e. The summed E-state index contributed by atoms with van der Waals surface area (Å²) in [4.78, 5) is 2.49. The average molecular weight is 348 g/mol. The summed E-state index contributed by atoms with van der Waals surface area (Å²) in [5.41, 5.74) is 3.47. The molecule has 1 spiro atoms. The molecule has 3 aliphatic rings. The third kappa shape index (κ3) is 3.28. The second-order valence-electron chi connectivity index (χ2n) is 9.08. The van der Waals surface area contributed by atoms with Crippen LogP contribution in [0.4, 0.5) is 0 Å². The quantitative estimate of drug-likeness (QED) is 0.821. The highest BCUT2D eigenvalue weighted by molar-refractivity contribution is 7.92. The molecule has 1 atom stereocenters. The minimum absolute atomic E-state index is 0.0971. The number of sulfone groups is 1. The minimum atomic E-state index is -2.71. The first-order chi connectivity index (χ1) is 11.3. The lowest BCUT2D eigenvalue weighted by Crippen LogP contribution is -2.50. The monoisotopic (exact) mass is 347 g/mol. The van der Waals surface area contributed by atoms with Crippen molar-refractivity contribution >= 4 is 9.84 Å². The lowest BCUT2D eigenvalue weighted by molar-refractivity contribution is 0.249. The molecule has 0 radical (unpaired) electrons. The molecule has 2 aliphatic heterocycles. The van der Waals surface area contributed by atoms with Crippen LogP contribution >= 0.6 is 0 Å². The lowest BCUT2D eigenvalue weighted by Gasteiger charge is -2.37. The number of rotatable bonds is 5. The summed E-state index contributed by atoms with van der Waals surface area (Å²) in [6, 6.07) is 9.25. The van der Waals surface area contributed by atoms with Crippen molar-refractivity contribution in [3.05, 3.63) is 35.4 Å². The van der Waals surface area contributed by atoms with E-state index >= 15 is 0 Å². The van der Waals surface area contributed by atoms with Gasteiger partial charge in [0.1, 0.15) is 0 Å². The molecule has 0 amide bonds. The molecule has 3 fully saturated rings. The Hall–Kier alpha value is -0.870. The Balaban J connectivity index is 1.29. The van der Waals surface area contributed by atoms with E-state index in [0.29, 0.717) is 22.8 Å². The van der Waals surface area contributed by atoms with Crippen LogP contribution in [0.3, 0.4) is 0 Å². The van der Waals surface area contributed by atoms with E-state index in [4.69, 9.17) is 0 Å². The minimum Gasteiger partial charge on any atom is -0.302 e. The summed E-state index contributed by atoms with van der Waals surface area (Å²) in [5, 5.41) is 0. The molecule has 4 rings (SSSR count). The van der Waals surface area contributed by atoms with E-state index in [1.807, 2.05) is 0 Å². The molecule has 0 aromatic heterocycles. The first-order valence-electron chi connectivity index (χ1n) is 9.30. The molecular formula is C20H29NO2S. The first-order valence-corrected chi connectivity index (χ1v) is 11.1. The van der Waals surface area contributed by atoms with E-state index < -0.39 is 9.84 Å². The molecule has 0 unspecified atom stereocenters. The van der Waals surface area contributed by atoms with Gasteiger partial charge < -0.3 is 4.90 Å². The molecule has 1 aromatic rings. The third-order valence-electron chi connectivity index (χ3n) is 6.37. The van der Waals surface area contributed by atoms with E-state index in [1.165, 1.54) is 24.0 Å². The topological polar surface area (TPSA) is 37.4 Å². The van der Waals surface area contributed by atoms with E-state index in [1.54, 1.807) is 0 Å². The zero-order chi connectivity index (χ0) is 17.0. The van der Waals surface area contributed by atoms with Crippen molar-refractivity contribution in [2.24, 2.45) is 11.3 Å². The summed E-state index contributed by atoms with van der Waals surface area (Å²) in [6.45, 7) is 7.80. The van der Waals surface area contributed by atoms with Crippen LogP contribution < -0.4 is 0 Å². The van der Waals surface area contributed by atoms with Gasteiger partial charge in [-0.15, -0.1) is 0 Å². The van der Waals surface area contributed by atoms with Gasteiger partial charge in [0.15, 0.2) is 9.84 Å². The molecule has 2 saturated heterocycles. The molecule has 0 bridgehead atoms. The fourth-order valence-electron chi connectivity index (χ4n) is 4.74. The van der Waals surface area contributed by atoms with Crippen LogP contribution in [0.25, 0.3) is 0 Å². The Kier molecular flexibility index (Phi) is 3.85. The standard InChI is InChI=1S/C20H29NO2S/c1-16(11-17-3-5-18(6-4-17)19(2)7-8-19)12-21-10-9-20(13-21)14-24(22,23)15-20/h3-6,16H,7-15H2,1-2H3/t16-/m1/s1. The summed E-state index contributed by atoms with van der Waals surface area (Å²) in [5.74, 6) is 1.45. The van der Waals surface area contributed by atoms with Gasteiger partial charge in [0.05, 0.1) is 11.5 Å². The Morgan fingerprint density at radius 1 is 1.12 bits per heavy atom.